The Morgan fingerprint density at radius 3 is 2.36 bits per heavy atom. The van der Waals surface area contributed by atoms with Crippen LogP contribution >= 0.6 is 11.6 Å². The fraction of sp³-hybridized carbons (Fsp3) is 0. The number of rotatable bonds is 5. The molecule has 3 rings (SSSR count). The molecule has 3 aromatic carbocycles. The molecule has 0 aliphatic rings. The van der Waals surface area contributed by atoms with Crippen molar-refractivity contribution >= 4 is 38.9 Å². The molecule has 0 saturated heterocycles. The number of halogens is 1. The molecule has 8 heteroatoms. The van der Waals surface area contributed by atoms with Crippen molar-refractivity contribution in [3.05, 3.63) is 88.9 Å². The molecule has 0 aliphatic carbocycles. The first kappa shape index (κ1) is 19.4. The zero-order valence-corrected chi connectivity index (χ0v) is 16.0. The summed E-state index contributed by atoms with van der Waals surface area (Å²) in [6, 6.07) is 20.6. The summed E-state index contributed by atoms with van der Waals surface area (Å²) >= 11 is 5.87. The second-order valence-corrected chi connectivity index (χ2v) is 7.85. The maximum absolute atomic E-state index is 12.4. The summed E-state index contributed by atoms with van der Waals surface area (Å²) in [5, 5.41) is 12.0. The van der Waals surface area contributed by atoms with E-state index < -0.39 is 15.9 Å². The molecule has 0 aromatic heterocycles. The average molecular weight is 412 g/mol. The van der Waals surface area contributed by atoms with Crippen molar-refractivity contribution in [2.75, 3.05) is 10.0 Å². The van der Waals surface area contributed by atoms with Crippen molar-refractivity contribution in [1.82, 2.24) is 0 Å². The van der Waals surface area contributed by atoms with Gasteiger partial charge in [-0.2, -0.15) is 5.26 Å². The highest BCUT2D eigenvalue weighted by Crippen LogP contribution is 2.21. The number of carbonyl (C=O) groups excluding carboxylic acids is 1. The predicted octanol–water partition coefficient (Wildman–Crippen LogP) is 4.26. The van der Waals surface area contributed by atoms with Crippen LogP contribution in [-0.4, -0.2) is 14.3 Å². The fourth-order valence-electron chi connectivity index (χ4n) is 2.43. The Hall–Kier alpha value is -3.34. The molecule has 0 bridgehead atoms. The molecular formula is C20H14ClN3O3S. The second kappa shape index (κ2) is 8.13. The first-order chi connectivity index (χ1) is 13.4. The number of carbonyl (C=O) groups is 1. The van der Waals surface area contributed by atoms with Gasteiger partial charge in [0.05, 0.1) is 21.2 Å². The van der Waals surface area contributed by atoms with Gasteiger partial charge in [-0.15, -0.1) is 0 Å². The van der Waals surface area contributed by atoms with Crippen LogP contribution in [0.4, 0.5) is 11.4 Å². The standard InChI is InChI=1S/C20H14ClN3O3S/c21-19-10-9-14(11-15(19)13-22)20(25)23-16-5-4-6-17(12-16)24-28(26,27)18-7-2-1-3-8-18/h1-12,24H,(H,23,25). The number of amides is 1. The van der Waals surface area contributed by atoms with E-state index in [2.05, 4.69) is 10.0 Å². The normalized spacial score (nSPS) is 10.7. The third-order valence-corrected chi connectivity index (χ3v) is 5.50. The van der Waals surface area contributed by atoms with Gasteiger partial charge in [-0.1, -0.05) is 35.9 Å². The number of nitrogens with zero attached hydrogens (tertiary/aromatic N) is 1. The number of hydrogen-bond donors (Lipinski definition) is 2. The highest BCUT2D eigenvalue weighted by molar-refractivity contribution is 7.92. The lowest BCUT2D eigenvalue weighted by atomic mass is 10.1. The van der Waals surface area contributed by atoms with Gasteiger partial charge >= 0.3 is 0 Å². The highest BCUT2D eigenvalue weighted by Gasteiger charge is 2.14. The van der Waals surface area contributed by atoms with E-state index >= 15 is 0 Å². The minimum absolute atomic E-state index is 0.134. The van der Waals surface area contributed by atoms with E-state index in [1.54, 1.807) is 36.4 Å². The molecule has 6 nitrogen and oxygen atoms in total. The summed E-state index contributed by atoms with van der Waals surface area (Å²) in [5.74, 6) is -0.448. The molecule has 0 atom stereocenters. The minimum atomic E-state index is -3.74. The molecule has 0 unspecified atom stereocenters. The SMILES string of the molecule is N#Cc1cc(C(=O)Nc2cccc(NS(=O)(=O)c3ccccc3)c2)ccc1Cl. The van der Waals surface area contributed by atoms with E-state index in [1.807, 2.05) is 6.07 Å². The third-order valence-electron chi connectivity index (χ3n) is 3.78. The Labute approximate surface area is 167 Å². The summed E-state index contributed by atoms with van der Waals surface area (Å²) < 4.78 is 27.3. The van der Waals surface area contributed by atoms with Crippen molar-refractivity contribution in [3.63, 3.8) is 0 Å². The highest BCUT2D eigenvalue weighted by atomic mass is 35.5. The molecule has 0 fully saturated rings. The van der Waals surface area contributed by atoms with E-state index in [9.17, 15) is 13.2 Å². The Morgan fingerprint density at radius 1 is 0.929 bits per heavy atom. The zero-order valence-electron chi connectivity index (χ0n) is 14.4. The maximum atomic E-state index is 12.4. The largest absolute Gasteiger partial charge is 0.322 e. The van der Waals surface area contributed by atoms with E-state index in [0.29, 0.717) is 11.4 Å². The van der Waals surface area contributed by atoms with Gasteiger partial charge in [-0.3, -0.25) is 9.52 Å². The van der Waals surface area contributed by atoms with Gasteiger partial charge in [0, 0.05) is 11.3 Å². The molecule has 0 heterocycles. The first-order valence-corrected chi connectivity index (χ1v) is 9.94. The van der Waals surface area contributed by atoms with Crippen molar-refractivity contribution in [2.45, 2.75) is 4.90 Å². The summed E-state index contributed by atoms with van der Waals surface area (Å²) in [5.41, 5.74) is 1.15. The lowest BCUT2D eigenvalue weighted by Gasteiger charge is -2.11. The molecule has 0 aliphatic heterocycles. The van der Waals surface area contributed by atoms with Gasteiger partial charge in [0.15, 0.2) is 0 Å². The number of anilines is 2. The molecular weight excluding hydrogens is 398 g/mol. The van der Waals surface area contributed by atoms with Gasteiger partial charge in [-0.25, -0.2) is 8.42 Å². The van der Waals surface area contributed by atoms with Crippen LogP contribution in [0.5, 0.6) is 0 Å². The Morgan fingerprint density at radius 2 is 1.64 bits per heavy atom. The van der Waals surface area contributed by atoms with Crippen LogP contribution in [0.1, 0.15) is 15.9 Å². The summed E-state index contributed by atoms with van der Waals surface area (Å²) in [7, 11) is -3.74. The van der Waals surface area contributed by atoms with Crippen LogP contribution in [0.15, 0.2) is 77.7 Å². The average Bonchev–Trinajstić information content (AvgIpc) is 2.69. The van der Waals surface area contributed by atoms with Gasteiger partial charge in [0.25, 0.3) is 15.9 Å². The van der Waals surface area contributed by atoms with Crippen LogP contribution in [0.25, 0.3) is 0 Å². The molecule has 0 radical (unpaired) electrons. The minimum Gasteiger partial charge on any atom is -0.322 e. The lowest BCUT2D eigenvalue weighted by molar-refractivity contribution is 0.102. The summed E-state index contributed by atoms with van der Waals surface area (Å²) in [6.45, 7) is 0. The number of hydrogen-bond acceptors (Lipinski definition) is 4. The molecule has 3 aromatic rings. The fourth-order valence-corrected chi connectivity index (χ4v) is 3.66. The van der Waals surface area contributed by atoms with Crippen molar-refractivity contribution in [1.29, 1.82) is 5.26 Å². The Balaban J connectivity index is 1.79. The zero-order chi connectivity index (χ0) is 20.1. The van der Waals surface area contributed by atoms with E-state index in [4.69, 9.17) is 16.9 Å². The number of benzene rings is 3. The number of nitriles is 1. The van der Waals surface area contributed by atoms with Crippen LogP contribution in [-0.2, 0) is 10.0 Å². The van der Waals surface area contributed by atoms with Crippen molar-refractivity contribution in [2.24, 2.45) is 0 Å². The second-order valence-electron chi connectivity index (χ2n) is 5.76. The van der Waals surface area contributed by atoms with Crippen LogP contribution in [0.3, 0.4) is 0 Å². The van der Waals surface area contributed by atoms with Gasteiger partial charge in [0.2, 0.25) is 0 Å². The van der Waals surface area contributed by atoms with E-state index in [-0.39, 0.29) is 21.0 Å². The predicted molar refractivity (Wildman–Crippen MR) is 108 cm³/mol. The van der Waals surface area contributed by atoms with Crippen LogP contribution in [0.2, 0.25) is 5.02 Å². The molecule has 140 valence electrons. The lowest BCUT2D eigenvalue weighted by Crippen LogP contribution is -2.14. The van der Waals surface area contributed by atoms with Gasteiger partial charge in [-0.05, 0) is 48.5 Å². The quantitative estimate of drug-likeness (QED) is 0.655. The van der Waals surface area contributed by atoms with Crippen molar-refractivity contribution < 1.29 is 13.2 Å². The van der Waals surface area contributed by atoms with Crippen LogP contribution in [0, 0.1) is 11.3 Å². The summed E-state index contributed by atoms with van der Waals surface area (Å²) in [6.07, 6.45) is 0. The number of sulfonamides is 1. The molecule has 0 spiro atoms. The van der Waals surface area contributed by atoms with Gasteiger partial charge in [0.1, 0.15) is 6.07 Å². The molecule has 1 amide bonds. The van der Waals surface area contributed by atoms with E-state index in [0.717, 1.165) is 0 Å². The van der Waals surface area contributed by atoms with Crippen LogP contribution < -0.4 is 10.0 Å². The molecule has 2 N–H and O–H groups in total. The monoisotopic (exact) mass is 411 g/mol. The Bertz CT molecular complexity index is 1170. The molecule has 28 heavy (non-hydrogen) atoms. The topological polar surface area (TPSA) is 99.1 Å². The summed E-state index contributed by atoms with van der Waals surface area (Å²) in [4.78, 5) is 12.5. The molecule has 0 saturated carbocycles. The first-order valence-electron chi connectivity index (χ1n) is 8.08. The third kappa shape index (κ3) is 4.49. The maximum Gasteiger partial charge on any atom is 0.261 e. The van der Waals surface area contributed by atoms with Crippen molar-refractivity contribution in [3.8, 4) is 6.07 Å². The smallest absolute Gasteiger partial charge is 0.261 e. The van der Waals surface area contributed by atoms with Gasteiger partial charge < -0.3 is 5.32 Å². The Kier molecular flexibility index (Phi) is 5.64. The number of nitrogens with one attached hydrogen (secondary N) is 2. The van der Waals surface area contributed by atoms with E-state index in [1.165, 1.54) is 36.4 Å².